The summed E-state index contributed by atoms with van der Waals surface area (Å²) in [6.07, 6.45) is 1.18. The summed E-state index contributed by atoms with van der Waals surface area (Å²) in [7, 11) is 0. The van der Waals surface area contributed by atoms with Gasteiger partial charge in [-0.25, -0.2) is 0 Å². The highest BCUT2D eigenvalue weighted by Gasteiger charge is 2.32. The zero-order valence-corrected chi connectivity index (χ0v) is 13.0. The topological polar surface area (TPSA) is 40.5 Å². The molecule has 1 aliphatic rings. The summed E-state index contributed by atoms with van der Waals surface area (Å²) in [5, 5.41) is 8.68. The molecule has 3 unspecified atom stereocenters. The summed E-state index contributed by atoms with van der Waals surface area (Å²) in [4.78, 5) is 14.7. The molecular weight excluding hydrogens is 262 g/mol. The van der Waals surface area contributed by atoms with Crippen molar-refractivity contribution in [3.8, 4) is 11.8 Å². The number of likely N-dealkylation sites (tertiary alicyclic amines) is 1. The number of carbonyl (C=O) groups is 1. The second-order valence-electron chi connectivity index (χ2n) is 6.05. The Balaban J connectivity index is 2.15. The van der Waals surface area contributed by atoms with Crippen LogP contribution in [0.5, 0.6) is 0 Å². The van der Waals surface area contributed by atoms with Gasteiger partial charge in [0.25, 0.3) is 5.91 Å². The van der Waals surface area contributed by atoms with Crippen LogP contribution in [-0.4, -0.2) is 35.1 Å². The number of aliphatic hydroxyl groups excluding tert-OH is 1. The highest BCUT2D eigenvalue weighted by molar-refractivity contribution is 5.94. The monoisotopic (exact) mass is 285 g/mol. The summed E-state index contributed by atoms with van der Waals surface area (Å²) >= 11 is 0. The van der Waals surface area contributed by atoms with E-state index in [2.05, 4.69) is 32.6 Å². The number of benzene rings is 1. The number of hydrogen-bond donors (Lipinski definition) is 1. The largest absolute Gasteiger partial charge is 0.384 e. The molecule has 1 fully saturated rings. The lowest BCUT2D eigenvalue weighted by Gasteiger charge is -2.41. The molecule has 0 aromatic heterocycles. The Kier molecular flexibility index (Phi) is 5.03. The number of amides is 1. The van der Waals surface area contributed by atoms with Crippen LogP contribution in [0, 0.1) is 23.7 Å². The van der Waals surface area contributed by atoms with Crippen LogP contribution in [0.3, 0.4) is 0 Å². The Bertz CT molecular complexity index is 553. The van der Waals surface area contributed by atoms with Crippen LogP contribution >= 0.6 is 0 Å². The molecular formula is C18H23NO2. The van der Waals surface area contributed by atoms with Crippen LogP contribution in [0.4, 0.5) is 0 Å². The van der Waals surface area contributed by atoms with E-state index in [1.54, 1.807) is 0 Å². The van der Waals surface area contributed by atoms with Gasteiger partial charge < -0.3 is 10.0 Å². The maximum atomic E-state index is 12.7. The van der Waals surface area contributed by atoms with Gasteiger partial charge in [0, 0.05) is 23.7 Å². The molecule has 3 nitrogen and oxygen atoms in total. The van der Waals surface area contributed by atoms with Crippen LogP contribution in [0.2, 0.25) is 0 Å². The summed E-state index contributed by atoms with van der Waals surface area (Å²) in [6.45, 7) is 7.23. The molecule has 2 rings (SSSR count). The Morgan fingerprint density at radius 1 is 1.29 bits per heavy atom. The molecule has 112 valence electrons. The second-order valence-corrected chi connectivity index (χ2v) is 6.05. The third-order valence-electron chi connectivity index (χ3n) is 4.30. The predicted octanol–water partition coefficient (Wildman–Crippen LogP) is 2.54. The lowest BCUT2D eigenvalue weighted by molar-refractivity contribution is 0.0455. The van der Waals surface area contributed by atoms with E-state index < -0.39 is 0 Å². The first-order valence-corrected chi connectivity index (χ1v) is 7.53. The van der Waals surface area contributed by atoms with Crippen molar-refractivity contribution in [2.24, 2.45) is 11.8 Å². The molecule has 21 heavy (non-hydrogen) atoms. The fraction of sp³-hybridized carbons (Fsp3) is 0.500. The third kappa shape index (κ3) is 3.65. The van der Waals surface area contributed by atoms with Crippen molar-refractivity contribution >= 4 is 5.91 Å². The highest BCUT2D eigenvalue weighted by Crippen LogP contribution is 2.28. The van der Waals surface area contributed by atoms with Gasteiger partial charge in [0.15, 0.2) is 0 Å². The zero-order valence-electron chi connectivity index (χ0n) is 13.0. The number of piperidine rings is 1. The van der Waals surface area contributed by atoms with Crippen LogP contribution in [0.1, 0.15) is 43.1 Å². The number of nitrogens with zero attached hydrogens (tertiary/aromatic N) is 1. The maximum absolute atomic E-state index is 12.7. The van der Waals surface area contributed by atoms with Gasteiger partial charge in [-0.1, -0.05) is 25.7 Å². The molecule has 1 aromatic rings. The first-order valence-electron chi connectivity index (χ1n) is 7.53. The lowest BCUT2D eigenvalue weighted by Crippen LogP contribution is -2.48. The number of hydrogen-bond acceptors (Lipinski definition) is 2. The van der Waals surface area contributed by atoms with Crippen LogP contribution < -0.4 is 0 Å². The fourth-order valence-electron chi connectivity index (χ4n) is 2.99. The smallest absolute Gasteiger partial charge is 0.254 e. The van der Waals surface area contributed by atoms with Crippen molar-refractivity contribution in [1.29, 1.82) is 0 Å². The standard InChI is InChI=1S/C18H23NO2/c1-13-11-14(2)15(3)19(12-13)18(21)17-8-6-16(7-9-17)5-4-10-20/h6-9,13-15,20H,10-12H2,1-3H3. The normalized spacial score (nSPS) is 25.1. The van der Waals surface area contributed by atoms with Crippen LogP contribution in [0.15, 0.2) is 24.3 Å². The highest BCUT2D eigenvalue weighted by atomic mass is 16.2. The van der Waals surface area contributed by atoms with Crippen molar-refractivity contribution in [2.75, 3.05) is 13.2 Å². The Morgan fingerprint density at radius 2 is 1.95 bits per heavy atom. The molecule has 1 heterocycles. The SMILES string of the molecule is CC1CC(C)C(C)N(C(=O)c2ccc(C#CCO)cc2)C1. The minimum Gasteiger partial charge on any atom is -0.384 e. The van der Waals surface area contributed by atoms with E-state index in [1.165, 1.54) is 6.42 Å². The molecule has 1 saturated heterocycles. The molecule has 0 spiro atoms. The van der Waals surface area contributed by atoms with Gasteiger partial charge in [0.05, 0.1) is 0 Å². The maximum Gasteiger partial charge on any atom is 0.254 e. The summed E-state index contributed by atoms with van der Waals surface area (Å²) in [6, 6.07) is 7.58. The van der Waals surface area contributed by atoms with Gasteiger partial charge in [0.2, 0.25) is 0 Å². The molecule has 1 aromatic carbocycles. The molecule has 0 radical (unpaired) electrons. The molecule has 1 N–H and O–H groups in total. The lowest BCUT2D eigenvalue weighted by atomic mass is 9.85. The van der Waals surface area contributed by atoms with Gasteiger partial charge in [0.1, 0.15) is 6.61 Å². The average molecular weight is 285 g/mol. The fourth-order valence-corrected chi connectivity index (χ4v) is 2.99. The van der Waals surface area contributed by atoms with E-state index in [-0.39, 0.29) is 18.6 Å². The first kappa shape index (κ1) is 15.6. The van der Waals surface area contributed by atoms with E-state index in [0.717, 1.165) is 12.1 Å². The number of rotatable bonds is 1. The molecule has 0 saturated carbocycles. The van der Waals surface area contributed by atoms with Crippen molar-refractivity contribution in [3.63, 3.8) is 0 Å². The van der Waals surface area contributed by atoms with Gasteiger partial charge in [-0.05, 0) is 49.4 Å². The number of aliphatic hydroxyl groups is 1. The van der Waals surface area contributed by atoms with Crippen LogP contribution in [0.25, 0.3) is 0 Å². The summed E-state index contributed by atoms with van der Waals surface area (Å²) in [5.74, 6) is 6.63. The quantitative estimate of drug-likeness (QED) is 0.806. The zero-order chi connectivity index (χ0) is 15.4. The predicted molar refractivity (Wildman–Crippen MR) is 83.8 cm³/mol. The first-order chi connectivity index (χ1) is 10.0. The average Bonchev–Trinajstić information content (AvgIpc) is 2.48. The summed E-state index contributed by atoms with van der Waals surface area (Å²) in [5.41, 5.74) is 1.52. The minimum atomic E-state index is -0.151. The second kappa shape index (κ2) is 6.78. The molecule has 1 amide bonds. The Hall–Kier alpha value is -1.79. The van der Waals surface area contributed by atoms with Gasteiger partial charge >= 0.3 is 0 Å². The van der Waals surface area contributed by atoms with E-state index in [4.69, 9.17) is 5.11 Å². The van der Waals surface area contributed by atoms with E-state index in [1.807, 2.05) is 29.2 Å². The molecule has 0 bridgehead atoms. The van der Waals surface area contributed by atoms with Crippen molar-refractivity contribution in [2.45, 2.75) is 33.2 Å². The van der Waals surface area contributed by atoms with Gasteiger partial charge in [-0.15, -0.1) is 0 Å². The molecule has 1 aliphatic heterocycles. The minimum absolute atomic E-state index is 0.0996. The Labute approximate surface area is 127 Å². The van der Waals surface area contributed by atoms with E-state index in [9.17, 15) is 4.79 Å². The number of carbonyl (C=O) groups excluding carboxylic acids is 1. The van der Waals surface area contributed by atoms with Gasteiger partial charge in [-0.3, -0.25) is 4.79 Å². The van der Waals surface area contributed by atoms with Crippen molar-refractivity contribution < 1.29 is 9.90 Å². The van der Waals surface area contributed by atoms with Gasteiger partial charge in [-0.2, -0.15) is 0 Å². The third-order valence-corrected chi connectivity index (χ3v) is 4.30. The van der Waals surface area contributed by atoms with Crippen molar-refractivity contribution in [1.82, 2.24) is 4.90 Å². The van der Waals surface area contributed by atoms with E-state index in [0.29, 0.717) is 17.4 Å². The molecule has 3 heteroatoms. The Morgan fingerprint density at radius 3 is 2.57 bits per heavy atom. The summed E-state index contributed by atoms with van der Waals surface area (Å²) < 4.78 is 0. The van der Waals surface area contributed by atoms with E-state index >= 15 is 0 Å². The van der Waals surface area contributed by atoms with Crippen molar-refractivity contribution in [3.05, 3.63) is 35.4 Å². The molecule has 3 atom stereocenters. The van der Waals surface area contributed by atoms with Crippen LogP contribution in [-0.2, 0) is 0 Å². The molecule has 0 aliphatic carbocycles.